The van der Waals surface area contributed by atoms with E-state index in [2.05, 4.69) is 4.98 Å². The highest BCUT2D eigenvalue weighted by Crippen LogP contribution is 2.34. The smallest absolute Gasteiger partial charge is 0.290 e. The van der Waals surface area contributed by atoms with Crippen LogP contribution < -0.4 is 0 Å². The highest BCUT2D eigenvalue weighted by molar-refractivity contribution is 5.94. The molecule has 0 aliphatic carbocycles. The van der Waals surface area contributed by atoms with Gasteiger partial charge in [0.15, 0.2) is 5.76 Å². The van der Waals surface area contributed by atoms with Gasteiger partial charge in [-0.1, -0.05) is 6.07 Å². The molecular weight excluding hydrogens is 306 g/mol. The first kappa shape index (κ1) is 14.9. The molecule has 0 aromatic carbocycles. The van der Waals surface area contributed by atoms with Crippen molar-refractivity contribution in [2.75, 3.05) is 6.54 Å². The van der Waals surface area contributed by atoms with Crippen molar-refractivity contribution in [3.63, 3.8) is 0 Å². The molecule has 4 rings (SSSR count). The van der Waals surface area contributed by atoms with Crippen LogP contribution in [0, 0.1) is 6.92 Å². The van der Waals surface area contributed by atoms with Gasteiger partial charge in [-0.2, -0.15) is 0 Å². The Balaban J connectivity index is 1.53. The minimum absolute atomic E-state index is 0.0637. The summed E-state index contributed by atoms with van der Waals surface area (Å²) in [6, 6.07) is 5.65. The summed E-state index contributed by atoms with van der Waals surface area (Å²) in [5.41, 5.74) is 1.85. The Kier molecular flexibility index (Phi) is 3.59. The van der Waals surface area contributed by atoms with E-state index < -0.39 is 0 Å². The normalized spacial score (nSPS) is 23.0. The van der Waals surface area contributed by atoms with Gasteiger partial charge in [0, 0.05) is 37.5 Å². The van der Waals surface area contributed by atoms with Crippen LogP contribution in [0.15, 0.2) is 41.3 Å². The molecule has 2 atom stereocenters. The van der Waals surface area contributed by atoms with E-state index >= 15 is 0 Å². The zero-order valence-electron chi connectivity index (χ0n) is 13.5. The topological polar surface area (TPSA) is 66.7 Å². The van der Waals surface area contributed by atoms with Gasteiger partial charge in [0.1, 0.15) is 0 Å². The molecular formula is C18H19N3O3. The van der Waals surface area contributed by atoms with Crippen LogP contribution in [-0.4, -0.2) is 45.2 Å². The summed E-state index contributed by atoms with van der Waals surface area (Å²) < 4.78 is 5.34. The van der Waals surface area contributed by atoms with Gasteiger partial charge in [0.25, 0.3) is 5.91 Å². The Morgan fingerprint density at radius 2 is 2.25 bits per heavy atom. The van der Waals surface area contributed by atoms with Gasteiger partial charge in [0.05, 0.1) is 18.3 Å². The monoisotopic (exact) mass is 325 g/mol. The van der Waals surface area contributed by atoms with Crippen molar-refractivity contribution in [1.82, 2.24) is 14.8 Å². The predicted molar refractivity (Wildman–Crippen MR) is 86.1 cm³/mol. The summed E-state index contributed by atoms with van der Waals surface area (Å²) in [5.74, 6) is 0.373. The zero-order chi connectivity index (χ0) is 16.7. The number of rotatable bonds is 3. The second-order valence-corrected chi connectivity index (χ2v) is 6.44. The minimum Gasteiger partial charge on any atom is -0.459 e. The Hall–Kier alpha value is -2.63. The lowest BCUT2D eigenvalue weighted by Crippen LogP contribution is -2.39. The Morgan fingerprint density at radius 3 is 2.96 bits per heavy atom. The van der Waals surface area contributed by atoms with E-state index in [4.69, 9.17) is 4.42 Å². The lowest BCUT2D eigenvalue weighted by atomic mass is 10.1. The first-order chi connectivity index (χ1) is 11.6. The average Bonchev–Trinajstić information content (AvgIpc) is 3.26. The van der Waals surface area contributed by atoms with Crippen LogP contribution in [0.5, 0.6) is 0 Å². The Bertz CT molecular complexity index is 771. The van der Waals surface area contributed by atoms with Crippen LogP contribution in [0.2, 0.25) is 0 Å². The number of hydrogen-bond donors (Lipinski definition) is 0. The molecule has 0 radical (unpaired) electrons. The van der Waals surface area contributed by atoms with E-state index in [0.717, 1.165) is 17.5 Å². The fourth-order valence-electron chi connectivity index (χ4n) is 3.80. The second kappa shape index (κ2) is 5.78. The number of pyridine rings is 1. The summed E-state index contributed by atoms with van der Waals surface area (Å²) in [6.07, 6.45) is 6.23. The number of carbonyl (C=O) groups is 2. The van der Waals surface area contributed by atoms with Gasteiger partial charge in [-0.3, -0.25) is 14.6 Å². The van der Waals surface area contributed by atoms with Gasteiger partial charge in [-0.05, 0) is 31.0 Å². The van der Waals surface area contributed by atoms with Gasteiger partial charge in [-0.15, -0.1) is 0 Å². The summed E-state index contributed by atoms with van der Waals surface area (Å²) >= 11 is 0. The average molecular weight is 325 g/mol. The standard InChI is InChI=1S/C18H19N3O3/c1-12-5-8-24-17(12)18(23)20-7-4-14-15(20)9-16(22)21(14)11-13-3-2-6-19-10-13/h2-3,5-6,8,10,14-15H,4,7,9,11H2,1H3/t14-,15+/m1/s1. The third-order valence-electron chi connectivity index (χ3n) is 5.01. The highest BCUT2D eigenvalue weighted by Gasteiger charge is 2.48. The first-order valence-electron chi connectivity index (χ1n) is 8.18. The molecule has 2 aromatic heterocycles. The summed E-state index contributed by atoms with van der Waals surface area (Å²) in [7, 11) is 0. The first-order valence-corrected chi connectivity index (χ1v) is 8.18. The molecule has 6 heteroatoms. The molecule has 0 bridgehead atoms. The number of nitrogens with zero attached hydrogens (tertiary/aromatic N) is 3. The molecule has 6 nitrogen and oxygen atoms in total. The minimum atomic E-state index is -0.110. The van der Waals surface area contributed by atoms with Gasteiger partial charge in [0.2, 0.25) is 5.91 Å². The van der Waals surface area contributed by atoms with Crippen LogP contribution in [0.4, 0.5) is 0 Å². The molecule has 4 heterocycles. The maximum atomic E-state index is 12.7. The van der Waals surface area contributed by atoms with Crippen molar-refractivity contribution in [3.8, 4) is 0 Å². The number of likely N-dealkylation sites (tertiary alicyclic amines) is 2. The summed E-state index contributed by atoms with van der Waals surface area (Å²) in [4.78, 5) is 33.0. The molecule has 0 unspecified atom stereocenters. The van der Waals surface area contributed by atoms with E-state index in [1.807, 2.05) is 24.0 Å². The van der Waals surface area contributed by atoms with Crippen molar-refractivity contribution >= 4 is 11.8 Å². The molecule has 24 heavy (non-hydrogen) atoms. The Morgan fingerprint density at radius 1 is 1.38 bits per heavy atom. The van der Waals surface area contributed by atoms with E-state index in [0.29, 0.717) is 25.3 Å². The van der Waals surface area contributed by atoms with Crippen LogP contribution in [0.25, 0.3) is 0 Å². The van der Waals surface area contributed by atoms with Gasteiger partial charge >= 0.3 is 0 Å². The van der Waals surface area contributed by atoms with Crippen molar-refractivity contribution in [1.29, 1.82) is 0 Å². The lowest BCUT2D eigenvalue weighted by Gasteiger charge is -2.25. The Labute approximate surface area is 140 Å². The van der Waals surface area contributed by atoms with Crippen LogP contribution in [0.3, 0.4) is 0 Å². The van der Waals surface area contributed by atoms with Crippen molar-refractivity contribution in [2.24, 2.45) is 0 Å². The van der Waals surface area contributed by atoms with E-state index in [1.54, 1.807) is 23.4 Å². The maximum absolute atomic E-state index is 12.7. The number of furan rings is 1. The van der Waals surface area contributed by atoms with Crippen LogP contribution in [0.1, 0.15) is 34.5 Å². The molecule has 0 spiro atoms. The van der Waals surface area contributed by atoms with E-state index in [-0.39, 0.29) is 23.9 Å². The molecule has 2 amide bonds. The summed E-state index contributed by atoms with van der Waals surface area (Å²) in [6.45, 7) is 3.07. The molecule has 2 aliphatic heterocycles. The molecule has 2 fully saturated rings. The van der Waals surface area contributed by atoms with E-state index in [9.17, 15) is 9.59 Å². The zero-order valence-corrected chi connectivity index (χ0v) is 13.5. The molecule has 0 saturated carbocycles. The molecule has 124 valence electrons. The quantitative estimate of drug-likeness (QED) is 0.866. The number of aromatic nitrogens is 1. The molecule has 0 N–H and O–H groups in total. The maximum Gasteiger partial charge on any atom is 0.290 e. The van der Waals surface area contributed by atoms with Crippen molar-refractivity contribution in [2.45, 2.75) is 38.4 Å². The lowest BCUT2D eigenvalue weighted by molar-refractivity contribution is -0.129. The van der Waals surface area contributed by atoms with Gasteiger partial charge < -0.3 is 14.2 Å². The number of fused-ring (bicyclic) bond motifs is 1. The van der Waals surface area contributed by atoms with Crippen molar-refractivity contribution in [3.05, 3.63) is 53.7 Å². The third kappa shape index (κ3) is 2.38. The van der Waals surface area contributed by atoms with Gasteiger partial charge in [-0.25, -0.2) is 0 Å². The number of aryl methyl sites for hydroxylation is 1. The van der Waals surface area contributed by atoms with Crippen LogP contribution in [-0.2, 0) is 11.3 Å². The largest absolute Gasteiger partial charge is 0.459 e. The molecule has 2 aliphatic rings. The fraction of sp³-hybridized carbons (Fsp3) is 0.389. The molecule has 2 saturated heterocycles. The molecule has 2 aromatic rings. The SMILES string of the molecule is Cc1ccoc1C(=O)N1CC[C@@H]2[C@@H]1CC(=O)N2Cc1cccnc1. The second-order valence-electron chi connectivity index (χ2n) is 6.44. The third-order valence-corrected chi connectivity index (χ3v) is 5.01. The van der Waals surface area contributed by atoms with E-state index in [1.165, 1.54) is 6.26 Å². The number of carbonyl (C=O) groups excluding carboxylic acids is 2. The highest BCUT2D eigenvalue weighted by atomic mass is 16.3. The van der Waals surface area contributed by atoms with Crippen molar-refractivity contribution < 1.29 is 14.0 Å². The fourth-order valence-corrected chi connectivity index (χ4v) is 3.80. The van der Waals surface area contributed by atoms with Crippen LogP contribution >= 0.6 is 0 Å². The number of hydrogen-bond acceptors (Lipinski definition) is 4. The number of amides is 2. The summed E-state index contributed by atoms with van der Waals surface area (Å²) in [5, 5.41) is 0. The predicted octanol–water partition coefficient (Wildman–Crippen LogP) is 2.00.